The van der Waals surface area contributed by atoms with Crippen molar-refractivity contribution in [3.05, 3.63) is 70.5 Å². The van der Waals surface area contributed by atoms with Crippen LogP contribution in [0.25, 0.3) is 0 Å². The number of hydrogen-bond donors (Lipinski definition) is 2. The van der Waals surface area contributed by atoms with Crippen molar-refractivity contribution in [2.24, 2.45) is 10.1 Å². The molecule has 0 spiro atoms. The van der Waals surface area contributed by atoms with Gasteiger partial charge in [0, 0.05) is 17.3 Å². The third-order valence-electron chi connectivity index (χ3n) is 4.57. The van der Waals surface area contributed by atoms with Crippen molar-refractivity contribution in [1.82, 2.24) is 10.3 Å². The van der Waals surface area contributed by atoms with E-state index < -0.39 is 30.1 Å². The molecule has 2 aromatic carbocycles. The average molecular weight is 559 g/mol. The number of halogens is 6. The van der Waals surface area contributed by atoms with Gasteiger partial charge in [-0.3, -0.25) is 0 Å². The predicted molar refractivity (Wildman–Crippen MR) is 128 cm³/mol. The quantitative estimate of drug-likeness (QED) is 0.164. The molecule has 0 aromatic heterocycles. The number of hydrazone groups is 1. The molecular formula is C22H16Cl2F4N6O3. The first kappa shape index (κ1) is 27.6. The van der Waals surface area contributed by atoms with E-state index in [2.05, 4.69) is 32.0 Å². The number of carbonyl (C=O) groups excluding carboxylic acids is 1. The van der Waals surface area contributed by atoms with Crippen LogP contribution in [0.1, 0.15) is 5.56 Å². The van der Waals surface area contributed by atoms with E-state index in [9.17, 15) is 22.4 Å². The summed E-state index contributed by atoms with van der Waals surface area (Å²) in [6.07, 6.45) is -3.00. The summed E-state index contributed by atoms with van der Waals surface area (Å²) in [6.45, 7) is 3.32. The van der Waals surface area contributed by atoms with E-state index in [1.165, 1.54) is 23.2 Å². The molecule has 0 saturated carbocycles. The van der Waals surface area contributed by atoms with Crippen molar-refractivity contribution in [2.45, 2.75) is 12.4 Å². The van der Waals surface area contributed by atoms with Crippen LogP contribution in [0, 0.1) is 17.3 Å². The summed E-state index contributed by atoms with van der Waals surface area (Å²) in [7, 11) is 0. The van der Waals surface area contributed by atoms with Gasteiger partial charge in [0.2, 0.25) is 12.2 Å². The molecule has 1 aliphatic rings. The van der Waals surface area contributed by atoms with E-state index in [0.717, 1.165) is 18.2 Å². The number of benzene rings is 2. The molecule has 1 aliphatic heterocycles. The first-order valence-corrected chi connectivity index (χ1v) is 10.9. The Kier molecular flexibility index (Phi) is 8.80. The molecule has 0 bridgehead atoms. The van der Waals surface area contributed by atoms with Crippen LogP contribution < -0.4 is 15.4 Å². The highest BCUT2D eigenvalue weighted by Gasteiger charge is 2.34. The minimum absolute atomic E-state index is 0.0584. The summed E-state index contributed by atoms with van der Waals surface area (Å²) < 4.78 is 60.2. The second-order valence-corrected chi connectivity index (χ2v) is 7.95. The molecule has 15 heteroatoms. The lowest BCUT2D eigenvalue weighted by molar-refractivity contribution is -0.275. The third-order valence-corrected chi connectivity index (χ3v) is 5.31. The Hall–Kier alpha value is -4.02. The fraction of sp³-hybridized carbons (Fsp3) is 0.182. The standard InChI is InChI=1S/C22H16Cl2F4N6O3/c1-2-7-36-21(35)32-17-10-34(33-19(17)12-3-5-14(23)15(24)8-12)20(30-11-29)31-13-4-6-16(25)18(9-13)37-22(26,27)28/h2-6,8-9,17H,1,7,10H2,(H,30,31)(H,32,35). The molecule has 2 aromatic rings. The number of ether oxygens (including phenoxy) is 2. The summed E-state index contributed by atoms with van der Waals surface area (Å²) in [5.41, 5.74) is 0.648. The Bertz CT molecular complexity index is 1300. The molecule has 0 aliphatic carbocycles. The van der Waals surface area contributed by atoms with Gasteiger partial charge in [-0.15, -0.1) is 18.2 Å². The number of rotatable bonds is 6. The van der Waals surface area contributed by atoms with Crippen LogP contribution in [0.15, 0.2) is 59.1 Å². The lowest BCUT2D eigenvalue weighted by atomic mass is 10.0. The molecule has 1 heterocycles. The van der Waals surface area contributed by atoms with Crippen LogP contribution in [-0.2, 0) is 4.74 Å². The zero-order chi connectivity index (χ0) is 27.2. The second-order valence-electron chi connectivity index (χ2n) is 7.13. The van der Waals surface area contributed by atoms with Crippen molar-refractivity contribution in [3.8, 4) is 11.9 Å². The topological polar surface area (TPSA) is 111 Å². The number of nitrogens with one attached hydrogen (secondary N) is 2. The molecule has 194 valence electrons. The Morgan fingerprint density at radius 2 is 2.05 bits per heavy atom. The molecule has 1 unspecified atom stereocenters. The number of aliphatic imine (C=N–C) groups is 1. The maximum Gasteiger partial charge on any atom is 0.573 e. The van der Waals surface area contributed by atoms with Gasteiger partial charge in [-0.1, -0.05) is 41.9 Å². The molecule has 3 rings (SSSR count). The van der Waals surface area contributed by atoms with Crippen molar-refractivity contribution in [2.75, 3.05) is 18.5 Å². The zero-order valence-corrected chi connectivity index (χ0v) is 20.0. The summed E-state index contributed by atoms with van der Waals surface area (Å²) in [5, 5.41) is 20.4. The smallest absolute Gasteiger partial charge is 0.445 e. The summed E-state index contributed by atoms with van der Waals surface area (Å²) in [4.78, 5) is 15.8. The number of guanidine groups is 1. The van der Waals surface area contributed by atoms with E-state index in [-0.39, 0.29) is 40.6 Å². The monoisotopic (exact) mass is 558 g/mol. The van der Waals surface area contributed by atoms with Gasteiger partial charge in [0.15, 0.2) is 11.6 Å². The van der Waals surface area contributed by atoms with Gasteiger partial charge in [-0.2, -0.15) is 10.4 Å². The molecule has 2 N–H and O–H groups in total. The fourth-order valence-electron chi connectivity index (χ4n) is 3.09. The number of hydrogen-bond acceptors (Lipinski definition) is 6. The van der Waals surface area contributed by atoms with Gasteiger partial charge in [-0.05, 0) is 24.3 Å². The summed E-state index contributed by atoms with van der Waals surface area (Å²) in [6, 6.07) is 6.38. The number of nitrogens with zero attached hydrogens (tertiary/aromatic N) is 4. The number of alkyl carbamates (subject to hydrolysis) is 1. The molecule has 9 nitrogen and oxygen atoms in total. The minimum atomic E-state index is -5.13. The molecule has 0 fully saturated rings. The van der Waals surface area contributed by atoms with Crippen LogP contribution in [0.5, 0.6) is 5.75 Å². The molecule has 0 saturated heterocycles. The summed E-state index contributed by atoms with van der Waals surface area (Å²) >= 11 is 12.1. The number of anilines is 1. The average Bonchev–Trinajstić information content (AvgIpc) is 3.24. The van der Waals surface area contributed by atoms with Crippen LogP contribution in [0.4, 0.5) is 28.0 Å². The van der Waals surface area contributed by atoms with Crippen LogP contribution in [0.2, 0.25) is 10.0 Å². The second kappa shape index (κ2) is 11.8. The molecular weight excluding hydrogens is 543 g/mol. The highest BCUT2D eigenvalue weighted by atomic mass is 35.5. The van der Waals surface area contributed by atoms with Crippen LogP contribution in [-0.4, -0.2) is 48.3 Å². The number of nitriles is 1. The lowest BCUT2D eigenvalue weighted by Crippen LogP contribution is -2.44. The minimum Gasteiger partial charge on any atom is -0.445 e. The number of amides is 1. The molecule has 0 radical (unpaired) electrons. The number of alkyl halides is 3. The molecule has 37 heavy (non-hydrogen) atoms. The highest BCUT2D eigenvalue weighted by molar-refractivity contribution is 6.42. The maximum atomic E-state index is 13.8. The fourth-order valence-corrected chi connectivity index (χ4v) is 3.39. The normalized spacial score (nSPS) is 15.5. The SMILES string of the molecule is C=CCOC(=O)NC1CN(/C(=N\C#N)Nc2ccc(F)c(OC(F)(F)F)c2)N=C1c1ccc(Cl)c(Cl)c1. The van der Waals surface area contributed by atoms with Gasteiger partial charge in [0.05, 0.1) is 28.3 Å². The van der Waals surface area contributed by atoms with E-state index in [1.807, 2.05) is 0 Å². The van der Waals surface area contributed by atoms with E-state index in [0.29, 0.717) is 5.56 Å². The number of carbonyl (C=O) groups is 1. The third kappa shape index (κ3) is 7.48. The van der Waals surface area contributed by atoms with Crippen molar-refractivity contribution < 1.29 is 31.8 Å². The van der Waals surface area contributed by atoms with E-state index in [1.54, 1.807) is 12.3 Å². The zero-order valence-electron chi connectivity index (χ0n) is 18.5. The highest BCUT2D eigenvalue weighted by Crippen LogP contribution is 2.29. The molecule has 1 atom stereocenters. The van der Waals surface area contributed by atoms with Crippen molar-refractivity contribution in [3.63, 3.8) is 0 Å². The van der Waals surface area contributed by atoms with E-state index >= 15 is 0 Å². The Balaban J connectivity index is 1.93. The van der Waals surface area contributed by atoms with Crippen LogP contribution >= 0.6 is 23.2 Å². The van der Waals surface area contributed by atoms with Gasteiger partial charge >= 0.3 is 12.5 Å². The van der Waals surface area contributed by atoms with Crippen molar-refractivity contribution in [1.29, 1.82) is 5.26 Å². The first-order valence-electron chi connectivity index (χ1n) is 10.2. The Morgan fingerprint density at radius 3 is 2.70 bits per heavy atom. The van der Waals surface area contributed by atoms with E-state index in [4.69, 9.17) is 33.2 Å². The van der Waals surface area contributed by atoms with Gasteiger partial charge in [0.25, 0.3) is 0 Å². The Labute approximate surface area is 217 Å². The van der Waals surface area contributed by atoms with Gasteiger partial charge in [0.1, 0.15) is 6.61 Å². The lowest BCUT2D eigenvalue weighted by Gasteiger charge is -2.19. The van der Waals surface area contributed by atoms with Gasteiger partial charge in [-0.25, -0.2) is 14.2 Å². The van der Waals surface area contributed by atoms with Gasteiger partial charge < -0.3 is 20.1 Å². The Morgan fingerprint density at radius 1 is 1.30 bits per heavy atom. The first-order chi connectivity index (χ1) is 17.5. The largest absolute Gasteiger partial charge is 0.573 e. The molecule has 1 amide bonds. The van der Waals surface area contributed by atoms with Crippen LogP contribution in [0.3, 0.4) is 0 Å². The van der Waals surface area contributed by atoms with Crippen molar-refractivity contribution >= 4 is 46.7 Å². The maximum absolute atomic E-state index is 13.8. The summed E-state index contributed by atoms with van der Waals surface area (Å²) in [5.74, 6) is -2.60. The predicted octanol–water partition coefficient (Wildman–Crippen LogP) is 5.28.